The molecular formula is C11H11N5S. The molecule has 17 heavy (non-hydrogen) atoms. The van der Waals surface area contributed by atoms with E-state index in [1.165, 1.54) is 11.3 Å². The minimum atomic E-state index is -0.0278. The smallest absolute Gasteiger partial charge is 0.234 e. The first kappa shape index (κ1) is 10.4. The van der Waals surface area contributed by atoms with Crippen molar-refractivity contribution in [2.45, 2.75) is 12.5 Å². The van der Waals surface area contributed by atoms with Crippen molar-refractivity contribution in [3.63, 3.8) is 0 Å². The molecule has 2 aromatic heterocycles. The Morgan fingerprint density at radius 3 is 2.88 bits per heavy atom. The van der Waals surface area contributed by atoms with E-state index in [0.29, 0.717) is 0 Å². The number of hydrogen-bond donors (Lipinski definition) is 1. The average Bonchev–Trinajstić information content (AvgIpc) is 2.90. The fourth-order valence-corrected chi connectivity index (χ4v) is 2.56. The van der Waals surface area contributed by atoms with Crippen LogP contribution in [-0.4, -0.2) is 19.8 Å². The Morgan fingerprint density at radius 2 is 2.12 bits per heavy atom. The van der Waals surface area contributed by atoms with Gasteiger partial charge in [-0.15, -0.1) is 10.2 Å². The molecule has 1 aromatic carbocycles. The lowest BCUT2D eigenvalue weighted by Crippen LogP contribution is -2.13. The molecule has 0 aliphatic heterocycles. The van der Waals surface area contributed by atoms with Crippen LogP contribution in [-0.2, 0) is 6.42 Å². The molecule has 1 unspecified atom stereocenters. The highest BCUT2D eigenvalue weighted by molar-refractivity contribution is 7.16. The Labute approximate surface area is 102 Å². The largest absolute Gasteiger partial charge is 0.324 e. The number of rotatable bonds is 3. The third-order valence-corrected chi connectivity index (χ3v) is 3.49. The molecule has 86 valence electrons. The second kappa shape index (κ2) is 4.23. The van der Waals surface area contributed by atoms with E-state index < -0.39 is 0 Å². The zero-order valence-corrected chi connectivity index (χ0v) is 9.84. The molecule has 5 nitrogen and oxygen atoms in total. The predicted octanol–water partition coefficient (Wildman–Crippen LogP) is 1.43. The summed E-state index contributed by atoms with van der Waals surface area (Å²) in [5, 5.41) is 13.1. The Hall–Kier alpha value is -1.79. The van der Waals surface area contributed by atoms with Gasteiger partial charge in [-0.25, -0.2) is 0 Å². The zero-order chi connectivity index (χ0) is 11.7. The molecule has 0 fully saturated rings. The van der Waals surface area contributed by atoms with Gasteiger partial charge in [0.1, 0.15) is 11.3 Å². The van der Waals surface area contributed by atoms with Crippen molar-refractivity contribution in [2.75, 3.05) is 0 Å². The summed E-state index contributed by atoms with van der Waals surface area (Å²) in [5.41, 5.74) is 7.26. The van der Waals surface area contributed by atoms with Crippen molar-refractivity contribution in [3.8, 4) is 0 Å². The molecule has 0 amide bonds. The minimum absolute atomic E-state index is 0.0278. The van der Waals surface area contributed by atoms with Crippen LogP contribution < -0.4 is 5.73 Å². The van der Waals surface area contributed by atoms with Gasteiger partial charge in [0, 0.05) is 12.5 Å². The van der Waals surface area contributed by atoms with E-state index in [-0.39, 0.29) is 6.04 Å². The first-order chi connectivity index (χ1) is 8.33. The number of fused-ring (bicyclic) bond motifs is 1. The molecule has 0 saturated heterocycles. The van der Waals surface area contributed by atoms with Crippen LogP contribution in [0.25, 0.3) is 4.96 Å². The molecule has 2 N–H and O–H groups in total. The maximum Gasteiger partial charge on any atom is 0.234 e. The van der Waals surface area contributed by atoms with E-state index in [4.69, 9.17) is 5.73 Å². The van der Waals surface area contributed by atoms with Crippen LogP contribution in [0.3, 0.4) is 0 Å². The van der Waals surface area contributed by atoms with Crippen molar-refractivity contribution in [1.29, 1.82) is 0 Å². The molecule has 0 aliphatic carbocycles. The number of aromatic nitrogens is 4. The molecule has 3 rings (SSSR count). The van der Waals surface area contributed by atoms with Gasteiger partial charge in [-0.3, -0.25) is 0 Å². The van der Waals surface area contributed by atoms with E-state index in [1.807, 2.05) is 30.3 Å². The van der Waals surface area contributed by atoms with Crippen LogP contribution in [0.1, 0.15) is 16.6 Å². The normalized spacial score (nSPS) is 13.0. The van der Waals surface area contributed by atoms with Crippen LogP contribution in [0.5, 0.6) is 0 Å². The molecule has 1 atom stereocenters. The maximum atomic E-state index is 6.14. The molecule has 0 bridgehead atoms. The van der Waals surface area contributed by atoms with Crippen molar-refractivity contribution < 1.29 is 0 Å². The Bertz CT molecular complexity index is 586. The van der Waals surface area contributed by atoms with Gasteiger partial charge < -0.3 is 5.73 Å². The monoisotopic (exact) mass is 245 g/mol. The van der Waals surface area contributed by atoms with Crippen LogP contribution in [0.2, 0.25) is 0 Å². The highest BCUT2D eigenvalue weighted by Crippen LogP contribution is 2.19. The van der Waals surface area contributed by atoms with Gasteiger partial charge in [-0.2, -0.15) is 9.61 Å². The Morgan fingerprint density at radius 1 is 1.29 bits per heavy atom. The summed E-state index contributed by atoms with van der Waals surface area (Å²) in [5.74, 6) is 0. The van der Waals surface area contributed by atoms with Gasteiger partial charge in [-0.05, 0) is 5.56 Å². The number of benzene rings is 1. The lowest BCUT2D eigenvalue weighted by molar-refractivity contribution is 0.705. The Balaban J connectivity index is 1.81. The SMILES string of the molecule is NC(Cc1nn2cnnc2s1)c1ccccc1. The molecule has 3 aromatic rings. The first-order valence-electron chi connectivity index (χ1n) is 5.29. The van der Waals surface area contributed by atoms with E-state index in [0.717, 1.165) is 22.0 Å². The number of nitrogens with zero attached hydrogens (tertiary/aromatic N) is 4. The van der Waals surface area contributed by atoms with Crippen LogP contribution >= 0.6 is 11.3 Å². The second-order valence-corrected chi connectivity index (χ2v) is 4.82. The Kier molecular flexibility index (Phi) is 2.58. The van der Waals surface area contributed by atoms with Gasteiger partial charge in [-0.1, -0.05) is 41.7 Å². The quantitative estimate of drug-likeness (QED) is 0.758. The van der Waals surface area contributed by atoms with Crippen molar-refractivity contribution in [1.82, 2.24) is 19.8 Å². The standard InChI is InChI=1S/C11H11N5S/c12-9(8-4-2-1-3-5-8)6-10-15-16-7-13-14-11(16)17-10/h1-5,7,9H,6,12H2. The van der Waals surface area contributed by atoms with Crippen molar-refractivity contribution in [3.05, 3.63) is 47.2 Å². The first-order valence-corrected chi connectivity index (χ1v) is 6.11. The van der Waals surface area contributed by atoms with Crippen molar-refractivity contribution in [2.24, 2.45) is 5.73 Å². The summed E-state index contributed by atoms with van der Waals surface area (Å²) in [6, 6.07) is 10.0. The highest BCUT2D eigenvalue weighted by atomic mass is 32.1. The summed E-state index contributed by atoms with van der Waals surface area (Å²) in [7, 11) is 0. The molecule has 6 heteroatoms. The second-order valence-electron chi connectivity index (χ2n) is 3.78. The summed E-state index contributed by atoms with van der Waals surface area (Å²) in [6.07, 6.45) is 2.32. The highest BCUT2D eigenvalue weighted by Gasteiger charge is 2.11. The van der Waals surface area contributed by atoms with Gasteiger partial charge in [0.25, 0.3) is 0 Å². The average molecular weight is 245 g/mol. The summed E-state index contributed by atoms with van der Waals surface area (Å²) in [4.78, 5) is 0.806. The molecular weight excluding hydrogens is 234 g/mol. The zero-order valence-electron chi connectivity index (χ0n) is 9.02. The third-order valence-electron chi connectivity index (χ3n) is 2.55. The summed E-state index contributed by atoms with van der Waals surface area (Å²) in [6.45, 7) is 0. The maximum absolute atomic E-state index is 6.14. The van der Waals surface area contributed by atoms with Gasteiger partial charge in [0.2, 0.25) is 4.96 Å². The minimum Gasteiger partial charge on any atom is -0.324 e. The fraction of sp³-hybridized carbons (Fsp3) is 0.182. The van der Waals surface area contributed by atoms with Crippen molar-refractivity contribution >= 4 is 16.3 Å². The molecule has 2 heterocycles. The molecule has 0 aliphatic rings. The van der Waals surface area contributed by atoms with Gasteiger partial charge >= 0.3 is 0 Å². The molecule has 0 spiro atoms. The predicted molar refractivity (Wildman–Crippen MR) is 65.7 cm³/mol. The van der Waals surface area contributed by atoms with E-state index in [9.17, 15) is 0 Å². The lowest BCUT2D eigenvalue weighted by atomic mass is 10.1. The summed E-state index contributed by atoms with van der Waals surface area (Å²) >= 11 is 1.53. The lowest BCUT2D eigenvalue weighted by Gasteiger charge is -2.08. The number of nitrogens with two attached hydrogens (primary N) is 1. The van der Waals surface area contributed by atoms with Crippen LogP contribution in [0.15, 0.2) is 36.7 Å². The van der Waals surface area contributed by atoms with Gasteiger partial charge in [0.15, 0.2) is 0 Å². The topological polar surface area (TPSA) is 69.1 Å². The van der Waals surface area contributed by atoms with Crippen LogP contribution in [0.4, 0.5) is 0 Å². The van der Waals surface area contributed by atoms with E-state index in [1.54, 1.807) is 10.8 Å². The summed E-state index contributed by atoms with van der Waals surface area (Å²) < 4.78 is 1.68. The third kappa shape index (κ3) is 2.04. The number of hydrogen-bond acceptors (Lipinski definition) is 5. The van der Waals surface area contributed by atoms with E-state index in [2.05, 4.69) is 15.3 Å². The van der Waals surface area contributed by atoms with Gasteiger partial charge in [0.05, 0.1) is 0 Å². The molecule has 0 radical (unpaired) electrons. The van der Waals surface area contributed by atoms with Crippen LogP contribution in [0, 0.1) is 0 Å². The van der Waals surface area contributed by atoms with E-state index >= 15 is 0 Å². The molecule has 0 saturated carbocycles. The fourth-order valence-electron chi connectivity index (χ4n) is 1.69.